The van der Waals surface area contributed by atoms with Gasteiger partial charge in [0.2, 0.25) is 0 Å². The summed E-state index contributed by atoms with van der Waals surface area (Å²) in [4.78, 5) is 35.4. The number of nitrogens with zero attached hydrogens (tertiary/aromatic N) is 7. The summed E-state index contributed by atoms with van der Waals surface area (Å²) < 4.78 is 6.72. The molecule has 0 aliphatic heterocycles. The SMILES string of the molecule is Cc1ccncc1-c1ccc(C(=O)N(C2CC2)C2CCc3nn(C(=O)OC(C)(C)CN=[N+]=[N-])cc3C2)cc1. The molecule has 10 nitrogen and oxygen atoms in total. The van der Waals surface area contributed by atoms with E-state index in [1.807, 2.05) is 48.4 Å². The number of hydrogen-bond acceptors (Lipinski definition) is 6. The van der Waals surface area contributed by atoms with Crippen LogP contribution < -0.4 is 0 Å². The number of ether oxygens (including phenoxy) is 1. The molecule has 2 aliphatic rings. The van der Waals surface area contributed by atoms with E-state index in [4.69, 9.17) is 10.3 Å². The topological polar surface area (TPSA) is 126 Å². The second kappa shape index (κ2) is 10.3. The average molecular weight is 514 g/mol. The van der Waals surface area contributed by atoms with Crippen molar-refractivity contribution in [2.45, 2.75) is 70.6 Å². The van der Waals surface area contributed by atoms with Gasteiger partial charge in [-0.15, -0.1) is 0 Å². The maximum atomic E-state index is 13.7. The molecule has 2 aromatic heterocycles. The van der Waals surface area contributed by atoms with Crippen molar-refractivity contribution in [2.24, 2.45) is 5.11 Å². The smallest absolute Gasteiger partial charge is 0.435 e. The highest BCUT2D eigenvalue weighted by Crippen LogP contribution is 2.35. The molecule has 1 amide bonds. The van der Waals surface area contributed by atoms with Crippen LogP contribution in [0.3, 0.4) is 0 Å². The predicted octanol–water partition coefficient (Wildman–Crippen LogP) is 5.49. The highest BCUT2D eigenvalue weighted by atomic mass is 16.6. The highest BCUT2D eigenvalue weighted by Gasteiger charge is 2.39. The van der Waals surface area contributed by atoms with Crippen LogP contribution in [0.25, 0.3) is 21.6 Å². The molecule has 3 aromatic rings. The summed E-state index contributed by atoms with van der Waals surface area (Å²) in [6.07, 6.45) is 8.83. The molecule has 2 aliphatic carbocycles. The van der Waals surface area contributed by atoms with Crippen molar-refractivity contribution < 1.29 is 14.3 Å². The van der Waals surface area contributed by atoms with Gasteiger partial charge < -0.3 is 9.64 Å². The third-order valence-corrected chi connectivity index (χ3v) is 7.16. The lowest BCUT2D eigenvalue weighted by Crippen LogP contribution is -2.44. The number of fused-ring (bicyclic) bond motifs is 1. The summed E-state index contributed by atoms with van der Waals surface area (Å²) in [5, 5.41) is 7.95. The number of aromatic nitrogens is 3. The zero-order valence-electron chi connectivity index (χ0n) is 21.9. The minimum absolute atomic E-state index is 0.0274. The molecule has 1 fully saturated rings. The molecule has 0 N–H and O–H groups in total. The van der Waals surface area contributed by atoms with Crippen LogP contribution >= 0.6 is 0 Å². The molecule has 0 spiro atoms. The van der Waals surface area contributed by atoms with Crippen LogP contribution in [-0.4, -0.2) is 55.9 Å². The summed E-state index contributed by atoms with van der Waals surface area (Å²) in [5.41, 5.74) is 13.3. The van der Waals surface area contributed by atoms with Gasteiger partial charge in [0.15, 0.2) is 0 Å². The molecule has 38 heavy (non-hydrogen) atoms. The Bertz CT molecular complexity index is 1400. The number of hydrogen-bond donors (Lipinski definition) is 0. The fraction of sp³-hybridized carbons (Fsp3) is 0.429. The standard InChI is InChI=1S/C28H31N7O3/c1-18-12-13-30-15-24(18)19-4-6-20(7-5-19)26(36)35(22-8-9-22)23-10-11-25-21(14-23)16-34(32-25)27(37)38-28(2,3)17-31-33-29/h4-7,12-13,15-16,22-23H,8-11,14,17H2,1-3H3. The monoisotopic (exact) mass is 513 g/mol. The van der Waals surface area contributed by atoms with Crippen LogP contribution in [0.4, 0.5) is 4.79 Å². The van der Waals surface area contributed by atoms with E-state index >= 15 is 0 Å². The summed E-state index contributed by atoms with van der Waals surface area (Å²) in [5.74, 6) is 0.0435. The minimum Gasteiger partial charge on any atom is -0.442 e. The Labute approximate surface area is 221 Å². The lowest BCUT2D eigenvalue weighted by Gasteiger charge is -2.34. The number of pyridine rings is 1. The Morgan fingerprint density at radius 1 is 1.18 bits per heavy atom. The van der Waals surface area contributed by atoms with Crippen molar-refractivity contribution in [2.75, 3.05) is 6.54 Å². The molecule has 0 radical (unpaired) electrons. The van der Waals surface area contributed by atoms with Crippen LogP contribution in [0.2, 0.25) is 0 Å². The quantitative estimate of drug-likeness (QED) is 0.235. The fourth-order valence-electron chi connectivity index (χ4n) is 5.02. The van der Waals surface area contributed by atoms with Crippen molar-refractivity contribution in [1.29, 1.82) is 0 Å². The van der Waals surface area contributed by atoms with Crippen LogP contribution in [0, 0.1) is 6.92 Å². The first kappa shape index (κ1) is 25.5. The second-order valence-electron chi connectivity index (χ2n) is 10.7. The summed E-state index contributed by atoms with van der Waals surface area (Å²) in [6, 6.07) is 10.0. The van der Waals surface area contributed by atoms with E-state index in [1.165, 1.54) is 4.68 Å². The zero-order chi connectivity index (χ0) is 26.9. The van der Waals surface area contributed by atoms with Gasteiger partial charge in [0.05, 0.1) is 12.2 Å². The molecule has 0 saturated heterocycles. The maximum absolute atomic E-state index is 13.7. The van der Waals surface area contributed by atoms with Gasteiger partial charge in [-0.2, -0.15) is 9.78 Å². The molecular formula is C28H31N7O3. The number of carbonyl (C=O) groups excluding carboxylic acids is 2. The zero-order valence-corrected chi connectivity index (χ0v) is 21.9. The Morgan fingerprint density at radius 2 is 1.95 bits per heavy atom. The fourth-order valence-corrected chi connectivity index (χ4v) is 5.02. The summed E-state index contributed by atoms with van der Waals surface area (Å²) >= 11 is 0. The third-order valence-electron chi connectivity index (χ3n) is 7.16. The Hall–Kier alpha value is -4.17. The van der Waals surface area contributed by atoms with Crippen LogP contribution in [0.15, 0.2) is 54.0 Å². The minimum atomic E-state index is -0.946. The van der Waals surface area contributed by atoms with Crippen molar-refractivity contribution in [3.63, 3.8) is 0 Å². The van der Waals surface area contributed by atoms with Gasteiger partial charge in [-0.05, 0) is 93.3 Å². The van der Waals surface area contributed by atoms with Gasteiger partial charge >= 0.3 is 6.09 Å². The van der Waals surface area contributed by atoms with Gasteiger partial charge in [0.1, 0.15) is 5.60 Å². The Kier molecular flexibility index (Phi) is 6.91. The second-order valence-corrected chi connectivity index (χ2v) is 10.7. The largest absolute Gasteiger partial charge is 0.442 e. The first-order valence-electron chi connectivity index (χ1n) is 12.9. The first-order chi connectivity index (χ1) is 18.3. The summed E-state index contributed by atoms with van der Waals surface area (Å²) in [7, 11) is 0. The molecule has 1 unspecified atom stereocenters. The number of aryl methyl sites for hydroxylation is 2. The normalized spacial score (nSPS) is 16.8. The Morgan fingerprint density at radius 3 is 2.63 bits per heavy atom. The average Bonchev–Trinajstić information content (AvgIpc) is 3.64. The molecule has 2 heterocycles. The number of benzene rings is 1. The van der Waals surface area contributed by atoms with Crippen molar-refractivity contribution in [1.82, 2.24) is 19.7 Å². The van der Waals surface area contributed by atoms with E-state index in [0.717, 1.165) is 47.2 Å². The van der Waals surface area contributed by atoms with Crippen LogP contribution in [-0.2, 0) is 17.6 Å². The number of amides is 1. The van der Waals surface area contributed by atoms with Gasteiger partial charge in [-0.25, -0.2) is 4.79 Å². The van der Waals surface area contributed by atoms with Crippen LogP contribution in [0.5, 0.6) is 0 Å². The van der Waals surface area contributed by atoms with E-state index in [-0.39, 0.29) is 24.5 Å². The van der Waals surface area contributed by atoms with E-state index in [0.29, 0.717) is 18.4 Å². The van der Waals surface area contributed by atoms with Crippen molar-refractivity contribution >= 4 is 12.0 Å². The Balaban J connectivity index is 1.30. The molecule has 5 rings (SSSR count). The lowest BCUT2D eigenvalue weighted by atomic mass is 9.91. The first-order valence-corrected chi connectivity index (χ1v) is 12.9. The molecule has 10 heteroatoms. The number of rotatable bonds is 7. The number of carbonyl (C=O) groups is 2. The van der Waals surface area contributed by atoms with Gasteiger partial charge in [-0.3, -0.25) is 9.78 Å². The molecular weight excluding hydrogens is 482 g/mol. The molecule has 0 bridgehead atoms. The van der Waals surface area contributed by atoms with Gasteiger partial charge in [0, 0.05) is 46.7 Å². The van der Waals surface area contributed by atoms with E-state index in [1.54, 1.807) is 26.2 Å². The molecule has 1 atom stereocenters. The third kappa shape index (κ3) is 5.40. The molecule has 1 aromatic carbocycles. The van der Waals surface area contributed by atoms with Gasteiger partial charge in [-0.1, -0.05) is 17.2 Å². The maximum Gasteiger partial charge on any atom is 0.435 e. The predicted molar refractivity (Wildman–Crippen MR) is 142 cm³/mol. The van der Waals surface area contributed by atoms with Crippen molar-refractivity contribution in [3.8, 4) is 11.1 Å². The van der Waals surface area contributed by atoms with Crippen LogP contribution in [0.1, 0.15) is 60.3 Å². The number of azide groups is 1. The van der Waals surface area contributed by atoms with E-state index in [2.05, 4.69) is 20.1 Å². The summed E-state index contributed by atoms with van der Waals surface area (Å²) in [6.45, 7) is 5.44. The highest BCUT2D eigenvalue weighted by molar-refractivity contribution is 5.95. The van der Waals surface area contributed by atoms with Gasteiger partial charge in [0.25, 0.3) is 5.91 Å². The van der Waals surface area contributed by atoms with E-state index in [9.17, 15) is 9.59 Å². The lowest BCUT2D eigenvalue weighted by molar-refractivity contribution is 0.0441. The molecule has 1 saturated carbocycles. The van der Waals surface area contributed by atoms with E-state index < -0.39 is 11.7 Å². The van der Waals surface area contributed by atoms with Crippen molar-refractivity contribution in [3.05, 3.63) is 81.7 Å². The molecule has 196 valence electrons.